The van der Waals surface area contributed by atoms with E-state index in [1.807, 2.05) is 24.3 Å². The van der Waals surface area contributed by atoms with Gasteiger partial charge in [0, 0.05) is 61.0 Å². The molecular weight excluding hydrogens is 446 g/mol. The molecule has 0 aromatic heterocycles. The van der Waals surface area contributed by atoms with Gasteiger partial charge in [-0.05, 0) is 83.8 Å². The molecule has 0 spiro atoms. The Hall–Kier alpha value is -2.08. The van der Waals surface area contributed by atoms with Crippen LogP contribution in [-0.4, -0.2) is 55.0 Å². The molecule has 184 valence electrons. The van der Waals surface area contributed by atoms with Crippen molar-refractivity contribution in [2.75, 3.05) is 38.1 Å². The van der Waals surface area contributed by atoms with Crippen LogP contribution in [0.25, 0.3) is 0 Å². The first-order chi connectivity index (χ1) is 16.0. The lowest BCUT2D eigenvalue weighted by molar-refractivity contribution is 0.0864. The van der Waals surface area contributed by atoms with Crippen LogP contribution in [0.2, 0.25) is 5.02 Å². The lowest BCUT2D eigenvalue weighted by Crippen LogP contribution is -2.57. The van der Waals surface area contributed by atoms with Crippen LogP contribution >= 0.6 is 11.6 Å². The Labute approximate surface area is 209 Å². The highest BCUT2D eigenvalue weighted by atomic mass is 35.5. The van der Waals surface area contributed by atoms with Crippen LogP contribution in [0.3, 0.4) is 0 Å². The molecule has 5 nitrogen and oxygen atoms in total. The number of carbonyl (C=O) groups excluding carboxylic acids is 1. The van der Waals surface area contributed by atoms with Gasteiger partial charge in [0.2, 0.25) is 0 Å². The van der Waals surface area contributed by atoms with Crippen molar-refractivity contribution in [3.05, 3.63) is 53.1 Å². The smallest absolute Gasteiger partial charge is 0.163 e. The van der Waals surface area contributed by atoms with Crippen LogP contribution in [0.15, 0.2) is 42.5 Å². The summed E-state index contributed by atoms with van der Waals surface area (Å²) in [5.41, 5.74) is 1.86. The summed E-state index contributed by atoms with van der Waals surface area (Å²) in [6.45, 7) is 13.0. The van der Waals surface area contributed by atoms with Crippen molar-refractivity contribution in [2.24, 2.45) is 5.92 Å². The second-order valence-corrected chi connectivity index (χ2v) is 11.7. The number of benzene rings is 2. The number of halogens is 1. The third-order valence-corrected chi connectivity index (χ3v) is 7.21. The summed E-state index contributed by atoms with van der Waals surface area (Å²) < 4.78 is 6.11. The van der Waals surface area contributed by atoms with Gasteiger partial charge in [0.1, 0.15) is 11.5 Å². The Morgan fingerprint density at radius 3 is 2.35 bits per heavy atom. The Morgan fingerprint density at radius 2 is 1.71 bits per heavy atom. The number of ether oxygens (including phenoxy) is 1. The largest absolute Gasteiger partial charge is 0.456 e. The molecule has 2 aliphatic rings. The lowest BCUT2D eigenvalue weighted by Gasteiger charge is -2.46. The number of Topliss-reactive ketones (excluding diaryl/α,β-unsaturated/α-hetero) is 1. The number of hydrogen-bond acceptors (Lipinski definition) is 5. The van der Waals surface area contributed by atoms with Crippen molar-refractivity contribution in [1.29, 1.82) is 0 Å². The summed E-state index contributed by atoms with van der Waals surface area (Å²) in [4.78, 5) is 17.8. The van der Waals surface area contributed by atoms with Gasteiger partial charge in [0.05, 0.1) is 5.02 Å². The minimum atomic E-state index is 0.0285. The van der Waals surface area contributed by atoms with Crippen molar-refractivity contribution < 1.29 is 9.53 Å². The minimum Gasteiger partial charge on any atom is -0.456 e. The normalized spacial score (nSPS) is 20.8. The maximum absolute atomic E-state index is 13.1. The number of hydrogen-bond donors (Lipinski definition) is 1. The highest BCUT2D eigenvalue weighted by Gasteiger charge is 2.38. The van der Waals surface area contributed by atoms with Crippen molar-refractivity contribution >= 4 is 23.1 Å². The van der Waals surface area contributed by atoms with Gasteiger partial charge >= 0.3 is 0 Å². The van der Waals surface area contributed by atoms with Crippen LogP contribution < -0.4 is 15.0 Å². The first kappa shape index (κ1) is 25.0. The first-order valence-electron chi connectivity index (χ1n) is 12.3. The van der Waals surface area contributed by atoms with Crippen LogP contribution in [0, 0.1) is 5.92 Å². The maximum atomic E-state index is 13.1. The van der Waals surface area contributed by atoms with Crippen LogP contribution in [-0.2, 0) is 0 Å². The molecule has 2 fully saturated rings. The van der Waals surface area contributed by atoms with Crippen LogP contribution in [0.4, 0.5) is 5.69 Å². The van der Waals surface area contributed by atoms with E-state index >= 15 is 0 Å². The Kier molecular flexibility index (Phi) is 7.28. The zero-order chi connectivity index (χ0) is 24.5. The Morgan fingerprint density at radius 1 is 1.03 bits per heavy atom. The van der Waals surface area contributed by atoms with Crippen LogP contribution in [0.5, 0.6) is 11.5 Å². The number of piperazine rings is 1. The molecule has 0 radical (unpaired) electrons. The number of ketones is 1. The Bertz CT molecular complexity index is 1010. The number of nitrogens with one attached hydrogen (secondary N) is 1. The Balaban J connectivity index is 1.41. The molecule has 2 aliphatic heterocycles. The summed E-state index contributed by atoms with van der Waals surface area (Å²) in [7, 11) is 2.15. The summed E-state index contributed by atoms with van der Waals surface area (Å²) in [5.74, 6) is 1.81. The highest BCUT2D eigenvalue weighted by molar-refractivity contribution is 6.32. The van der Waals surface area contributed by atoms with Gasteiger partial charge in [0.25, 0.3) is 0 Å². The summed E-state index contributed by atoms with van der Waals surface area (Å²) in [5, 5.41) is 4.15. The molecule has 0 amide bonds. The first-order valence-corrected chi connectivity index (χ1v) is 12.7. The van der Waals surface area contributed by atoms with E-state index in [-0.39, 0.29) is 16.9 Å². The molecule has 2 saturated heterocycles. The molecule has 2 aromatic carbocycles. The van der Waals surface area contributed by atoms with Gasteiger partial charge in [-0.2, -0.15) is 0 Å². The van der Waals surface area contributed by atoms with Gasteiger partial charge in [-0.15, -0.1) is 0 Å². The topological polar surface area (TPSA) is 44.8 Å². The van der Waals surface area contributed by atoms with E-state index in [0.29, 0.717) is 28.7 Å². The predicted octanol–water partition coefficient (Wildman–Crippen LogP) is 6.01. The zero-order valence-corrected chi connectivity index (χ0v) is 21.9. The summed E-state index contributed by atoms with van der Waals surface area (Å²) >= 11 is 6.56. The average molecular weight is 484 g/mol. The average Bonchev–Trinajstić information content (AvgIpc) is 2.73. The number of nitrogens with zero attached hydrogens (tertiary/aromatic N) is 2. The minimum absolute atomic E-state index is 0.0285. The predicted molar refractivity (Wildman–Crippen MR) is 141 cm³/mol. The molecule has 0 aliphatic carbocycles. The van der Waals surface area contributed by atoms with Crippen LogP contribution in [0.1, 0.15) is 57.3 Å². The van der Waals surface area contributed by atoms with E-state index in [1.54, 1.807) is 6.07 Å². The van der Waals surface area contributed by atoms with Crippen molar-refractivity contribution in [3.63, 3.8) is 0 Å². The number of carbonyl (C=O) groups is 1. The second-order valence-electron chi connectivity index (χ2n) is 11.3. The molecule has 6 heteroatoms. The highest BCUT2D eigenvalue weighted by Crippen LogP contribution is 2.36. The van der Waals surface area contributed by atoms with Crippen molar-refractivity contribution in [2.45, 2.75) is 58.0 Å². The van der Waals surface area contributed by atoms with Crippen molar-refractivity contribution in [3.8, 4) is 11.5 Å². The van der Waals surface area contributed by atoms with Gasteiger partial charge < -0.3 is 19.9 Å². The fourth-order valence-corrected chi connectivity index (χ4v) is 5.97. The van der Waals surface area contributed by atoms with E-state index in [2.05, 4.69) is 62.0 Å². The number of anilines is 1. The molecule has 2 aromatic rings. The molecule has 0 bridgehead atoms. The summed E-state index contributed by atoms with van der Waals surface area (Å²) in [6, 6.07) is 13.5. The molecule has 0 unspecified atom stereocenters. The lowest BCUT2D eigenvalue weighted by atomic mass is 9.74. The summed E-state index contributed by atoms with van der Waals surface area (Å²) in [6.07, 6.45) is 2.51. The van der Waals surface area contributed by atoms with Gasteiger partial charge in [-0.3, -0.25) is 4.79 Å². The number of piperidine rings is 1. The molecule has 2 heterocycles. The standard InChI is InChI=1S/C28H38ClN3O2/c1-27(2)18-20(19-28(3,4)30-27)15-25(33)21-9-10-26(24(29)16-21)34-23-8-6-7-22(17-23)32-13-11-31(5)12-14-32/h6-10,16-17,20,30H,11-15,18-19H2,1-5H3. The van der Waals surface area contributed by atoms with E-state index < -0.39 is 0 Å². The third-order valence-electron chi connectivity index (χ3n) is 6.92. The van der Waals surface area contributed by atoms with Gasteiger partial charge in [-0.1, -0.05) is 17.7 Å². The quantitative estimate of drug-likeness (QED) is 0.509. The van der Waals surface area contributed by atoms with Crippen molar-refractivity contribution in [1.82, 2.24) is 10.2 Å². The van der Waals surface area contributed by atoms with E-state index in [4.69, 9.17) is 16.3 Å². The van der Waals surface area contributed by atoms with E-state index in [9.17, 15) is 4.79 Å². The fourth-order valence-electron chi connectivity index (χ4n) is 5.75. The van der Waals surface area contributed by atoms with E-state index in [1.165, 1.54) is 0 Å². The molecular formula is C28H38ClN3O2. The van der Waals surface area contributed by atoms with Gasteiger partial charge in [0.15, 0.2) is 5.78 Å². The van der Waals surface area contributed by atoms with E-state index in [0.717, 1.165) is 50.5 Å². The third kappa shape index (κ3) is 6.32. The molecule has 34 heavy (non-hydrogen) atoms. The second kappa shape index (κ2) is 9.88. The fraction of sp³-hybridized carbons (Fsp3) is 0.536. The molecule has 0 atom stereocenters. The molecule has 4 rings (SSSR count). The monoisotopic (exact) mass is 483 g/mol. The number of rotatable bonds is 6. The van der Waals surface area contributed by atoms with Gasteiger partial charge in [-0.25, -0.2) is 0 Å². The number of likely N-dealkylation sites (N-methyl/N-ethyl adjacent to an activating group) is 1. The molecule has 0 saturated carbocycles. The zero-order valence-electron chi connectivity index (χ0n) is 21.2. The molecule has 1 N–H and O–H groups in total. The maximum Gasteiger partial charge on any atom is 0.163 e. The SMILES string of the molecule is CN1CCN(c2cccc(Oc3ccc(C(=O)CC4CC(C)(C)NC(C)(C)C4)cc3Cl)c2)CC1.